The number of benzene rings is 1. The zero-order valence-corrected chi connectivity index (χ0v) is 9.04. The number of para-hydroxylation sites is 1. The maximum absolute atomic E-state index is 5.72. The van der Waals surface area contributed by atoms with Gasteiger partial charge in [-0.25, -0.2) is 0 Å². The van der Waals surface area contributed by atoms with Crippen molar-refractivity contribution in [2.45, 2.75) is 18.1 Å². The first kappa shape index (κ1) is 10.7. The molecule has 0 spiro atoms. The van der Waals surface area contributed by atoms with E-state index in [0.29, 0.717) is 0 Å². The monoisotopic (exact) mass is 225 g/mol. The SMILES string of the molecule is N[C@@H]1N[C@@H](S)N[C@@H](Nc2ccccc2)N1. The fraction of sp³-hybridized carbons (Fsp3) is 0.333. The van der Waals surface area contributed by atoms with Gasteiger partial charge in [-0.05, 0) is 12.1 Å². The Morgan fingerprint density at radius 3 is 2.53 bits per heavy atom. The van der Waals surface area contributed by atoms with Gasteiger partial charge in [0, 0.05) is 5.69 Å². The second-order valence-corrected chi connectivity index (χ2v) is 3.84. The standard InChI is InChI=1S/C9H15N5S/c10-7-12-8(14-9(15)13-7)11-6-4-2-1-3-5-6/h1-5,7-9,11-15H,10H2/t7-,8-,9+/m0/s1. The number of nitrogens with two attached hydrogens (primary N) is 1. The number of anilines is 1. The van der Waals surface area contributed by atoms with Crippen molar-refractivity contribution < 1.29 is 0 Å². The predicted molar refractivity (Wildman–Crippen MR) is 64.0 cm³/mol. The smallest absolute Gasteiger partial charge is 0.136 e. The van der Waals surface area contributed by atoms with Gasteiger partial charge >= 0.3 is 0 Å². The van der Waals surface area contributed by atoms with Gasteiger partial charge < -0.3 is 11.1 Å². The van der Waals surface area contributed by atoms with Crippen LogP contribution in [0.15, 0.2) is 30.3 Å². The molecule has 1 aliphatic heterocycles. The Hall–Kier alpha value is -0.790. The van der Waals surface area contributed by atoms with E-state index in [-0.39, 0.29) is 18.1 Å². The molecule has 15 heavy (non-hydrogen) atoms. The third kappa shape index (κ3) is 3.08. The van der Waals surface area contributed by atoms with Crippen LogP contribution in [0, 0.1) is 0 Å². The number of hydrogen-bond acceptors (Lipinski definition) is 6. The van der Waals surface area contributed by atoms with Gasteiger partial charge in [-0.2, -0.15) is 0 Å². The van der Waals surface area contributed by atoms with Gasteiger partial charge in [0.05, 0.1) is 0 Å². The molecule has 0 amide bonds. The minimum Gasteiger partial charge on any atom is -0.357 e. The van der Waals surface area contributed by atoms with Crippen LogP contribution in [-0.4, -0.2) is 18.1 Å². The molecule has 0 bridgehead atoms. The Labute approximate surface area is 94.2 Å². The summed E-state index contributed by atoms with van der Waals surface area (Å²) in [4.78, 5) is 0. The van der Waals surface area contributed by atoms with Gasteiger partial charge in [0.1, 0.15) is 18.1 Å². The minimum absolute atomic E-state index is 0.0915. The largest absolute Gasteiger partial charge is 0.357 e. The molecule has 1 aromatic carbocycles. The molecule has 0 saturated carbocycles. The highest BCUT2D eigenvalue weighted by atomic mass is 32.1. The van der Waals surface area contributed by atoms with E-state index in [2.05, 4.69) is 33.9 Å². The van der Waals surface area contributed by atoms with Gasteiger partial charge in [0.2, 0.25) is 0 Å². The summed E-state index contributed by atoms with van der Waals surface area (Å²) in [6, 6.07) is 9.90. The summed E-state index contributed by atoms with van der Waals surface area (Å²) in [5, 5.41) is 12.5. The molecule has 3 atom stereocenters. The second kappa shape index (κ2) is 4.82. The van der Waals surface area contributed by atoms with Gasteiger partial charge in [-0.3, -0.25) is 16.0 Å². The van der Waals surface area contributed by atoms with Gasteiger partial charge in [0.15, 0.2) is 0 Å². The number of thiol groups is 1. The summed E-state index contributed by atoms with van der Waals surface area (Å²) < 4.78 is 0. The molecule has 1 saturated heterocycles. The first-order valence-corrected chi connectivity index (χ1v) is 5.29. The quantitative estimate of drug-likeness (QED) is 0.387. The van der Waals surface area contributed by atoms with Crippen LogP contribution in [0.25, 0.3) is 0 Å². The lowest BCUT2D eigenvalue weighted by Crippen LogP contribution is -2.70. The van der Waals surface area contributed by atoms with Crippen molar-refractivity contribution in [2.24, 2.45) is 5.73 Å². The summed E-state index contributed by atoms with van der Waals surface area (Å²) in [6.45, 7) is 0. The lowest BCUT2D eigenvalue weighted by atomic mass is 10.3. The van der Waals surface area contributed by atoms with E-state index in [1.807, 2.05) is 30.3 Å². The summed E-state index contributed by atoms with van der Waals surface area (Å²) in [6.07, 6.45) is -0.360. The van der Waals surface area contributed by atoms with E-state index in [1.165, 1.54) is 0 Å². The second-order valence-electron chi connectivity index (χ2n) is 3.32. The molecule has 1 aromatic rings. The molecule has 0 aliphatic carbocycles. The Morgan fingerprint density at radius 1 is 1.13 bits per heavy atom. The van der Waals surface area contributed by atoms with Crippen molar-refractivity contribution in [1.29, 1.82) is 0 Å². The van der Waals surface area contributed by atoms with Crippen molar-refractivity contribution in [3.8, 4) is 0 Å². The van der Waals surface area contributed by atoms with E-state index in [4.69, 9.17) is 5.73 Å². The van der Waals surface area contributed by atoms with Crippen LogP contribution in [0.3, 0.4) is 0 Å². The van der Waals surface area contributed by atoms with Crippen LogP contribution in [0.4, 0.5) is 5.69 Å². The highest BCUT2D eigenvalue weighted by Crippen LogP contribution is 2.06. The molecule has 1 heterocycles. The van der Waals surface area contributed by atoms with Crippen LogP contribution in [0.5, 0.6) is 0 Å². The van der Waals surface area contributed by atoms with E-state index >= 15 is 0 Å². The van der Waals surface area contributed by atoms with E-state index in [0.717, 1.165) is 5.69 Å². The summed E-state index contributed by atoms with van der Waals surface area (Å²) >= 11 is 4.26. The molecule has 5 nitrogen and oxygen atoms in total. The number of nitrogens with one attached hydrogen (secondary N) is 4. The zero-order chi connectivity index (χ0) is 10.7. The summed E-state index contributed by atoms with van der Waals surface area (Å²) in [7, 11) is 0. The highest BCUT2D eigenvalue weighted by molar-refractivity contribution is 7.80. The van der Waals surface area contributed by atoms with Gasteiger partial charge in [-0.1, -0.05) is 18.2 Å². The van der Waals surface area contributed by atoms with E-state index < -0.39 is 0 Å². The van der Waals surface area contributed by atoms with E-state index in [9.17, 15) is 0 Å². The Morgan fingerprint density at radius 2 is 1.87 bits per heavy atom. The maximum atomic E-state index is 5.72. The van der Waals surface area contributed by atoms with Crippen LogP contribution in [0.1, 0.15) is 0 Å². The van der Waals surface area contributed by atoms with Crippen LogP contribution in [-0.2, 0) is 0 Å². The van der Waals surface area contributed by atoms with Crippen LogP contribution in [0.2, 0.25) is 0 Å². The lowest BCUT2D eigenvalue weighted by Gasteiger charge is -2.35. The topological polar surface area (TPSA) is 74.1 Å². The molecular weight excluding hydrogens is 210 g/mol. The fourth-order valence-corrected chi connectivity index (χ4v) is 1.75. The number of hydrogen-bond donors (Lipinski definition) is 6. The fourth-order valence-electron chi connectivity index (χ4n) is 1.44. The van der Waals surface area contributed by atoms with Crippen LogP contribution >= 0.6 is 12.6 Å². The maximum Gasteiger partial charge on any atom is 0.136 e. The van der Waals surface area contributed by atoms with Gasteiger partial charge in [-0.15, -0.1) is 12.6 Å². The highest BCUT2D eigenvalue weighted by Gasteiger charge is 2.21. The Kier molecular flexibility index (Phi) is 3.45. The zero-order valence-electron chi connectivity index (χ0n) is 8.14. The number of rotatable bonds is 2. The molecular formula is C9H15N5S. The summed E-state index contributed by atoms with van der Waals surface area (Å²) in [5.74, 6) is 0. The molecule has 2 rings (SSSR count). The van der Waals surface area contributed by atoms with Gasteiger partial charge in [0.25, 0.3) is 0 Å². The minimum atomic E-state index is -0.269. The van der Waals surface area contributed by atoms with Crippen molar-refractivity contribution in [2.75, 3.05) is 5.32 Å². The first-order chi connectivity index (χ1) is 7.24. The molecule has 0 radical (unpaired) electrons. The van der Waals surface area contributed by atoms with E-state index in [1.54, 1.807) is 0 Å². The third-order valence-corrected chi connectivity index (χ3v) is 2.39. The van der Waals surface area contributed by atoms with Crippen molar-refractivity contribution in [1.82, 2.24) is 16.0 Å². The predicted octanol–water partition coefficient (Wildman–Crippen LogP) is -0.380. The molecule has 82 valence electrons. The molecule has 1 fully saturated rings. The first-order valence-electron chi connectivity index (χ1n) is 4.77. The Balaban J connectivity index is 1.94. The average Bonchev–Trinajstić information content (AvgIpc) is 2.17. The lowest BCUT2D eigenvalue weighted by molar-refractivity contribution is 0.269. The van der Waals surface area contributed by atoms with Crippen molar-refractivity contribution in [3.05, 3.63) is 30.3 Å². The third-order valence-electron chi connectivity index (χ3n) is 2.09. The molecule has 1 aliphatic rings. The Bertz CT molecular complexity index is 297. The van der Waals surface area contributed by atoms with Crippen LogP contribution < -0.4 is 27.0 Å². The van der Waals surface area contributed by atoms with Crippen molar-refractivity contribution in [3.63, 3.8) is 0 Å². The normalized spacial score (nSPS) is 31.2. The molecule has 0 aromatic heterocycles. The molecule has 6 heteroatoms. The average molecular weight is 225 g/mol. The molecule has 0 unspecified atom stereocenters. The van der Waals surface area contributed by atoms with Crippen molar-refractivity contribution >= 4 is 18.3 Å². The summed E-state index contributed by atoms with van der Waals surface area (Å²) in [5.41, 5.74) is 6.62. The molecule has 6 N–H and O–H groups in total.